The third kappa shape index (κ3) is 8.99. The molecule has 0 aliphatic carbocycles. The molecule has 0 bridgehead atoms. The summed E-state index contributed by atoms with van der Waals surface area (Å²) in [6.45, 7) is 19.4. The number of rotatable bonds is 7. The lowest BCUT2D eigenvalue weighted by atomic mass is 9.92. The Balaban J connectivity index is 1.67. The monoisotopic (exact) mass is 728 g/mol. The lowest BCUT2D eigenvalue weighted by Gasteiger charge is -2.48. The van der Waals surface area contributed by atoms with E-state index < -0.39 is 38.1 Å². The first-order chi connectivity index (χ1) is 21.7. The largest absolute Gasteiger partial charge is 0.465 e. The Morgan fingerprint density at radius 2 is 1.72 bits per heavy atom. The summed E-state index contributed by atoms with van der Waals surface area (Å²) in [5, 5.41) is 18.4. The average Bonchev–Trinajstić information content (AvgIpc) is 2.92. The Kier molecular flexibility index (Phi) is 10.6. The highest BCUT2D eigenvalue weighted by Crippen LogP contribution is 2.40. The second kappa shape index (κ2) is 13.8. The molecular formula is C33H45BrN6O6Si. The molecule has 0 unspecified atom stereocenters. The predicted octanol–water partition coefficient (Wildman–Crippen LogP) is 7.47. The fraction of sp³-hybridized carbons (Fsp3) is 0.485. The zero-order chi connectivity index (χ0) is 34.9. The van der Waals surface area contributed by atoms with E-state index >= 15 is 0 Å². The van der Waals surface area contributed by atoms with Crippen LogP contribution in [0.25, 0.3) is 10.9 Å². The van der Waals surface area contributed by atoms with Crippen LogP contribution in [0, 0.1) is 5.92 Å². The van der Waals surface area contributed by atoms with Gasteiger partial charge in [-0.3, -0.25) is 15.1 Å². The van der Waals surface area contributed by atoms with E-state index in [9.17, 15) is 19.5 Å². The molecule has 1 saturated heterocycles. The highest BCUT2D eigenvalue weighted by Gasteiger charge is 2.45. The van der Waals surface area contributed by atoms with E-state index in [0.29, 0.717) is 35.4 Å². The Morgan fingerprint density at radius 1 is 1.02 bits per heavy atom. The van der Waals surface area contributed by atoms with E-state index in [4.69, 9.17) is 9.16 Å². The van der Waals surface area contributed by atoms with Crippen molar-refractivity contribution in [3.8, 4) is 0 Å². The van der Waals surface area contributed by atoms with Crippen LogP contribution < -0.4 is 20.9 Å². The molecule has 3 amide bonds. The number of carbonyl (C=O) groups is 3. The van der Waals surface area contributed by atoms with Crippen molar-refractivity contribution in [3.05, 3.63) is 52.9 Å². The van der Waals surface area contributed by atoms with Crippen LogP contribution in [-0.2, 0) is 9.16 Å². The van der Waals surface area contributed by atoms with Gasteiger partial charge >= 0.3 is 12.2 Å². The van der Waals surface area contributed by atoms with Crippen LogP contribution in [-0.4, -0.2) is 72.3 Å². The predicted molar refractivity (Wildman–Crippen MR) is 190 cm³/mol. The Morgan fingerprint density at radius 3 is 2.36 bits per heavy atom. The number of carbonyl (C=O) groups excluding carboxylic acids is 2. The van der Waals surface area contributed by atoms with Crippen molar-refractivity contribution in [2.24, 2.45) is 5.92 Å². The number of carboxylic acid groups (broad SMARTS) is 1. The summed E-state index contributed by atoms with van der Waals surface area (Å²) >= 11 is 3.42. The van der Waals surface area contributed by atoms with Crippen molar-refractivity contribution in [2.75, 3.05) is 28.6 Å². The summed E-state index contributed by atoms with van der Waals surface area (Å²) in [6.07, 6.45) is 1.04. The van der Waals surface area contributed by atoms with Crippen LogP contribution in [0.15, 0.2) is 47.2 Å². The number of aromatic nitrogens is 2. The maximum absolute atomic E-state index is 13.7. The number of benzene rings is 1. The highest BCUT2D eigenvalue weighted by molar-refractivity contribution is 9.10. The first-order valence-electron chi connectivity index (χ1n) is 15.5. The summed E-state index contributed by atoms with van der Waals surface area (Å²) in [6, 6.07) is 8.28. The standard InChI is InChI=1S/C33H45BrN6O6Si/c1-19-17-40(18-25(39-31(44)45-32(2,3)4)28(19)46-47(8,9)33(5,6)7)26-12-13-35-16-24(26)37-29(41)27-23(38-30(42)43)14-20-10-11-21(34)15-22(20)36-27/h10-16,19,25,28,38H,17-18H2,1-9H3,(H,37,41)(H,39,44)(H,42,43)/t19-,25+,28+/m0/s1. The van der Waals surface area contributed by atoms with E-state index in [1.165, 1.54) is 6.20 Å². The number of hydrogen-bond acceptors (Lipinski definition) is 8. The molecule has 12 nitrogen and oxygen atoms in total. The summed E-state index contributed by atoms with van der Waals surface area (Å²) in [4.78, 5) is 49.2. The van der Waals surface area contributed by atoms with Gasteiger partial charge in [0.15, 0.2) is 14.0 Å². The van der Waals surface area contributed by atoms with Crippen molar-refractivity contribution < 1.29 is 28.7 Å². The minimum atomic E-state index is -2.22. The van der Waals surface area contributed by atoms with E-state index in [1.807, 2.05) is 26.8 Å². The van der Waals surface area contributed by atoms with Gasteiger partial charge < -0.3 is 29.8 Å². The van der Waals surface area contributed by atoms with Crippen molar-refractivity contribution in [1.82, 2.24) is 15.3 Å². The smallest absolute Gasteiger partial charge is 0.409 e. The SMILES string of the molecule is C[C@H]1CN(c2ccncc2NC(=O)c2nc3cc(Br)ccc3cc2NC(=O)O)C[C@@H](NC(=O)OC(C)(C)C)[C@@H]1O[Si](C)(C)C(C)(C)C. The summed E-state index contributed by atoms with van der Waals surface area (Å²) in [7, 11) is -2.22. The fourth-order valence-electron chi connectivity index (χ4n) is 5.23. The van der Waals surface area contributed by atoms with Gasteiger partial charge in [0.05, 0.1) is 40.9 Å². The third-order valence-electron chi connectivity index (χ3n) is 8.45. The summed E-state index contributed by atoms with van der Waals surface area (Å²) < 4.78 is 13.3. The summed E-state index contributed by atoms with van der Waals surface area (Å²) in [5.41, 5.74) is 0.880. The van der Waals surface area contributed by atoms with Crippen molar-refractivity contribution in [2.45, 2.75) is 84.3 Å². The number of hydrogen-bond donors (Lipinski definition) is 4. The van der Waals surface area contributed by atoms with Gasteiger partial charge in [0.25, 0.3) is 5.91 Å². The molecule has 47 heavy (non-hydrogen) atoms. The molecule has 4 N–H and O–H groups in total. The number of nitrogens with one attached hydrogen (secondary N) is 3. The number of halogens is 1. The molecule has 254 valence electrons. The number of ether oxygens (including phenoxy) is 1. The molecule has 3 atom stereocenters. The first kappa shape index (κ1) is 36.1. The minimum Gasteiger partial charge on any atom is -0.465 e. The van der Waals surface area contributed by atoms with E-state index in [-0.39, 0.29) is 28.4 Å². The number of alkyl carbamates (subject to hydrolysis) is 1. The van der Waals surface area contributed by atoms with Gasteiger partial charge in [0.2, 0.25) is 0 Å². The first-order valence-corrected chi connectivity index (χ1v) is 19.2. The quantitative estimate of drug-likeness (QED) is 0.181. The molecule has 2 aromatic heterocycles. The maximum Gasteiger partial charge on any atom is 0.409 e. The van der Waals surface area contributed by atoms with Crippen LogP contribution >= 0.6 is 15.9 Å². The molecule has 1 fully saturated rings. The number of anilines is 3. The fourth-order valence-corrected chi connectivity index (χ4v) is 7.01. The molecule has 3 aromatic rings. The Bertz CT molecular complexity index is 1660. The molecule has 0 radical (unpaired) electrons. The van der Waals surface area contributed by atoms with E-state index in [2.05, 4.69) is 87.5 Å². The number of amides is 3. The molecule has 3 heterocycles. The third-order valence-corrected chi connectivity index (χ3v) is 13.4. The van der Waals surface area contributed by atoms with Crippen LogP contribution in [0.4, 0.5) is 26.7 Å². The molecule has 0 spiro atoms. The zero-order valence-electron chi connectivity index (χ0n) is 28.4. The highest BCUT2D eigenvalue weighted by atomic mass is 79.9. The van der Waals surface area contributed by atoms with Gasteiger partial charge in [-0.15, -0.1) is 0 Å². The average molecular weight is 730 g/mol. The van der Waals surface area contributed by atoms with Crippen molar-refractivity contribution >= 4 is 70.3 Å². The van der Waals surface area contributed by atoms with Crippen LogP contribution in [0.5, 0.6) is 0 Å². The number of pyridine rings is 2. The van der Waals surface area contributed by atoms with Gasteiger partial charge in [-0.25, -0.2) is 14.6 Å². The van der Waals surface area contributed by atoms with Crippen LogP contribution in [0.1, 0.15) is 59.0 Å². The number of nitrogens with zero attached hydrogens (tertiary/aromatic N) is 3. The maximum atomic E-state index is 13.7. The molecule has 1 aliphatic heterocycles. The second-order valence-electron chi connectivity index (χ2n) is 14.5. The lowest BCUT2D eigenvalue weighted by molar-refractivity contribution is 0.0336. The van der Waals surface area contributed by atoms with Gasteiger partial charge in [-0.2, -0.15) is 0 Å². The Hall–Kier alpha value is -3.75. The van der Waals surface area contributed by atoms with Crippen molar-refractivity contribution in [1.29, 1.82) is 0 Å². The van der Waals surface area contributed by atoms with Crippen LogP contribution in [0.3, 0.4) is 0 Å². The Labute approximate surface area is 285 Å². The second-order valence-corrected chi connectivity index (χ2v) is 20.1. The van der Waals surface area contributed by atoms with Gasteiger partial charge in [-0.05, 0) is 63.2 Å². The topological polar surface area (TPSA) is 155 Å². The van der Waals surface area contributed by atoms with Gasteiger partial charge in [0, 0.05) is 35.1 Å². The van der Waals surface area contributed by atoms with Crippen LogP contribution in [0.2, 0.25) is 18.1 Å². The number of fused-ring (bicyclic) bond motifs is 1. The van der Waals surface area contributed by atoms with E-state index in [1.54, 1.807) is 30.5 Å². The molecule has 1 aromatic carbocycles. The van der Waals surface area contributed by atoms with Gasteiger partial charge in [-0.1, -0.05) is 49.7 Å². The number of piperidine rings is 1. The zero-order valence-corrected chi connectivity index (χ0v) is 31.0. The molecule has 0 saturated carbocycles. The van der Waals surface area contributed by atoms with Gasteiger partial charge in [0.1, 0.15) is 5.60 Å². The normalized spacial score (nSPS) is 18.9. The van der Waals surface area contributed by atoms with Crippen molar-refractivity contribution in [3.63, 3.8) is 0 Å². The molecule has 14 heteroatoms. The molecule has 1 aliphatic rings. The summed E-state index contributed by atoms with van der Waals surface area (Å²) in [5.74, 6) is -0.626. The minimum absolute atomic E-state index is 0.0125. The molecule has 4 rings (SSSR count). The molecular weight excluding hydrogens is 684 g/mol. The lowest BCUT2D eigenvalue weighted by Crippen LogP contribution is -2.63. The van der Waals surface area contributed by atoms with E-state index in [0.717, 1.165) is 4.47 Å².